The molecule has 0 spiro atoms. The van der Waals surface area contributed by atoms with E-state index >= 15 is 0 Å². The van der Waals surface area contributed by atoms with Crippen molar-refractivity contribution in [3.05, 3.63) is 71.3 Å². The minimum absolute atomic E-state index is 0.223. The Morgan fingerprint density at radius 3 is 2.71 bits per heavy atom. The number of nitrogens with one attached hydrogen (secondary N) is 2. The van der Waals surface area contributed by atoms with Gasteiger partial charge in [0.25, 0.3) is 5.91 Å². The van der Waals surface area contributed by atoms with Gasteiger partial charge in [-0.15, -0.1) is 0 Å². The van der Waals surface area contributed by atoms with Crippen LogP contribution in [0.15, 0.2) is 53.9 Å². The summed E-state index contributed by atoms with van der Waals surface area (Å²) in [6, 6.07) is 11.6. The molecule has 122 valence electrons. The van der Waals surface area contributed by atoms with Gasteiger partial charge >= 0.3 is 0 Å². The summed E-state index contributed by atoms with van der Waals surface area (Å²) in [6.45, 7) is 1.75. The molecular formula is C17H15FN4OS. The van der Waals surface area contributed by atoms with Crippen LogP contribution in [0.5, 0.6) is 0 Å². The van der Waals surface area contributed by atoms with Crippen molar-refractivity contribution in [1.82, 2.24) is 15.2 Å². The molecule has 3 rings (SSSR count). The molecule has 5 nitrogen and oxygen atoms in total. The minimum atomic E-state index is -0.320. The van der Waals surface area contributed by atoms with Gasteiger partial charge in [0.15, 0.2) is 5.16 Å². The lowest BCUT2D eigenvalue weighted by Crippen LogP contribution is -2.12. The number of nitrogens with zero attached hydrogens (tertiary/aromatic N) is 2. The fourth-order valence-corrected chi connectivity index (χ4v) is 2.86. The van der Waals surface area contributed by atoms with Crippen LogP contribution in [0.3, 0.4) is 0 Å². The average molecular weight is 342 g/mol. The molecule has 2 N–H and O–H groups in total. The first kappa shape index (κ1) is 16.2. The molecule has 24 heavy (non-hydrogen) atoms. The number of aromatic nitrogens is 3. The van der Waals surface area contributed by atoms with Crippen molar-refractivity contribution in [2.24, 2.45) is 0 Å². The number of hydrogen-bond acceptors (Lipinski definition) is 4. The number of aryl methyl sites for hydroxylation is 1. The van der Waals surface area contributed by atoms with Crippen LogP contribution in [0, 0.1) is 12.7 Å². The van der Waals surface area contributed by atoms with Gasteiger partial charge in [-0.05, 0) is 48.4 Å². The number of halogens is 1. The van der Waals surface area contributed by atoms with Gasteiger partial charge in [0.2, 0.25) is 0 Å². The van der Waals surface area contributed by atoms with Crippen LogP contribution in [0.25, 0.3) is 0 Å². The zero-order chi connectivity index (χ0) is 16.9. The topological polar surface area (TPSA) is 70.7 Å². The Bertz CT molecular complexity index is 834. The predicted molar refractivity (Wildman–Crippen MR) is 91.5 cm³/mol. The summed E-state index contributed by atoms with van der Waals surface area (Å²) in [5.74, 6) is 0.187. The number of anilines is 1. The van der Waals surface area contributed by atoms with Crippen molar-refractivity contribution >= 4 is 23.4 Å². The zero-order valence-electron chi connectivity index (χ0n) is 12.9. The van der Waals surface area contributed by atoms with Gasteiger partial charge in [-0.25, -0.2) is 9.37 Å². The molecule has 3 aromatic rings. The maximum atomic E-state index is 13.1. The highest BCUT2D eigenvalue weighted by Gasteiger charge is 2.08. The number of carbonyl (C=O) groups excluding carboxylic acids is 1. The molecule has 0 bridgehead atoms. The molecule has 0 fully saturated rings. The lowest BCUT2D eigenvalue weighted by Gasteiger charge is -2.09. The molecule has 2 aromatic carbocycles. The van der Waals surface area contributed by atoms with Crippen LogP contribution in [-0.2, 0) is 5.75 Å². The van der Waals surface area contributed by atoms with E-state index in [1.54, 1.807) is 25.1 Å². The molecular weight excluding hydrogens is 327 g/mol. The third-order valence-electron chi connectivity index (χ3n) is 3.42. The molecule has 0 aliphatic carbocycles. The van der Waals surface area contributed by atoms with E-state index in [0.717, 1.165) is 16.5 Å². The molecule has 0 radical (unpaired) electrons. The number of benzene rings is 2. The van der Waals surface area contributed by atoms with Crippen LogP contribution in [0.1, 0.15) is 21.5 Å². The van der Waals surface area contributed by atoms with E-state index in [9.17, 15) is 9.18 Å². The molecule has 1 aromatic heterocycles. The van der Waals surface area contributed by atoms with Crippen LogP contribution < -0.4 is 5.32 Å². The van der Waals surface area contributed by atoms with Crippen molar-refractivity contribution in [3.8, 4) is 0 Å². The third-order valence-corrected chi connectivity index (χ3v) is 4.37. The van der Waals surface area contributed by atoms with E-state index in [-0.39, 0.29) is 11.7 Å². The lowest BCUT2D eigenvalue weighted by molar-refractivity contribution is 0.102. The van der Waals surface area contributed by atoms with Crippen molar-refractivity contribution in [2.75, 3.05) is 5.32 Å². The van der Waals surface area contributed by atoms with Crippen LogP contribution >= 0.6 is 11.8 Å². The van der Waals surface area contributed by atoms with Gasteiger partial charge < -0.3 is 5.32 Å². The summed E-state index contributed by atoms with van der Waals surface area (Å²) in [7, 11) is 0. The fraction of sp³-hybridized carbons (Fsp3) is 0.118. The highest BCUT2D eigenvalue weighted by molar-refractivity contribution is 7.98. The first-order valence-electron chi connectivity index (χ1n) is 7.26. The molecule has 0 atom stereocenters. The monoisotopic (exact) mass is 342 g/mol. The third kappa shape index (κ3) is 3.99. The largest absolute Gasteiger partial charge is 0.322 e. The first-order valence-corrected chi connectivity index (χ1v) is 8.25. The maximum absolute atomic E-state index is 13.1. The summed E-state index contributed by atoms with van der Waals surface area (Å²) >= 11 is 1.54. The smallest absolute Gasteiger partial charge is 0.255 e. The summed E-state index contributed by atoms with van der Waals surface area (Å²) in [5, 5.41) is 10.1. The molecule has 7 heteroatoms. The minimum Gasteiger partial charge on any atom is -0.322 e. The van der Waals surface area contributed by atoms with E-state index in [1.807, 2.05) is 12.1 Å². The Morgan fingerprint density at radius 1 is 1.25 bits per heavy atom. The number of hydrogen-bond donors (Lipinski definition) is 2. The normalized spacial score (nSPS) is 10.6. The molecule has 1 heterocycles. The van der Waals surface area contributed by atoms with E-state index < -0.39 is 0 Å². The Hall–Kier alpha value is -2.67. The van der Waals surface area contributed by atoms with Gasteiger partial charge in [-0.3, -0.25) is 9.89 Å². The highest BCUT2D eigenvalue weighted by Crippen LogP contribution is 2.20. The number of amides is 1. The summed E-state index contributed by atoms with van der Waals surface area (Å²) in [5.41, 5.74) is 2.91. The number of thioether (sulfide) groups is 1. The maximum Gasteiger partial charge on any atom is 0.255 e. The van der Waals surface area contributed by atoms with E-state index in [0.29, 0.717) is 16.8 Å². The molecule has 0 saturated heterocycles. The Kier molecular flexibility index (Phi) is 4.90. The Morgan fingerprint density at radius 2 is 2.04 bits per heavy atom. The number of rotatable bonds is 5. The standard InChI is InChI=1S/C17H15FN4OS/c1-11-8-14(18)6-7-15(11)21-16(23)13-4-2-12(3-5-13)9-24-17-19-10-20-22-17/h2-8,10H,9H2,1H3,(H,21,23)(H,19,20,22). The molecule has 1 amide bonds. The van der Waals surface area contributed by atoms with E-state index in [2.05, 4.69) is 20.5 Å². The van der Waals surface area contributed by atoms with Crippen molar-refractivity contribution in [3.63, 3.8) is 0 Å². The Balaban J connectivity index is 1.63. The van der Waals surface area contributed by atoms with E-state index in [1.165, 1.54) is 30.2 Å². The second-order valence-corrected chi connectivity index (χ2v) is 6.15. The van der Waals surface area contributed by atoms with E-state index in [4.69, 9.17) is 0 Å². The fourth-order valence-electron chi connectivity index (χ4n) is 2.13. The molecule has 0 aliphatic heterocycles. The van der Waals surface area contributed by atoms with Gasteiger partial charge in [0.1, 0.15) is 12.1 Å². The number of H-pyrrole nitrogens is 1. The SMILES string of the molecule is Cc1cc(F)ccc1NC(=O)c1ccc(CSc2ncn[nH]2)cc1. The van der Waals surface area contributed by atoms with Crippen molar-refractivity contribution < 1.29 is 9.18 Å². The molecule has 0 unspecified atom stereocenters. The van der Waals surface area contributed by atoms with Gasteiger partial charge in [0.05, 0.1) is 0 Å². The Labute approximate surface area is 142 Å². The van der Waals surface area contributed by atoms with Gasteiger partial charge in [0, 0.05) is 17.0 Å². The number of aromatic amines is 1. The highest BCUT2D eigenvalue weighted by atomic mass is 32.2. The lowest BCUT2D eigenvalue weighted by atomic mass is 10.1. The van der Waals surface area contributed by atoms with Gasteiger partial charge in [-0.1, -0.05) is 23.9 Å². The molecule has 0 saturated carbocycles. The summed E-state index contributed by atoms with van der Waals surface area (Å²) < 4.78 is 13.1. The van der Waals surface area contributed by atoms with Crippen LogP contribution in [0.4, 0.5) is 10.1 Å². The zero-order valence-corrected chi connectivity index (χ0v) is 13.7. The molecule has 0 aliphatic rings. The van der Waals surface area contributed by atoms with Crippen LogP contribution in [-0.4, -0.2) is 21.1 Å². The summed E-state index contributed by atoms with van der Waals surface area (Å²) in [6.07, 6.45) is 1.47. The second-order valence-electron chi connectivity index (χ2n) is 5.19. The van der Waals surface area contributed by atoms with Crippen molar-refractivity contribution in [2.45, 2.75) is 17.8 Å². The number of carbonyl (C=O) groups is 1. The predicted octanol–water partition coefficient (Wildman–Crippen LogP) is 3.80. The van der Waals surface area contributed by atoms with Gasteiger partial charge in [-0.2, -0.15) is 5.10 Å². The van der Waals surface area contributed by atoms with Crippen LogP contribution in [0.2, 0.25) is 0 Å². The first-order chi connectivity index (χ1) is 11.6. The average Bonchev–Trinajstić information content (AvgIpc) is 3.09. The second kappa shape index (κ2) is 7.27. The summed E-state index contributed by atoms with van der Waals surface area (Å²) in [4.78, 5) is 16.3. The van der Waals surface area contributed by atoms with Crippen molar-refractivity contribution in [1.29, 1.82) is 0 Å². The quantitative estimate of drug-likeness (QED) is 0.692.